The van der Waals surface area contributed by atoms with Gasteiger partial charge in [0.15, 0.2) is 0 Å². The van der Waals surface area contributed by atoms with Crippen LogP contribution in [0.3, 0.4) is 0 Å². The fourth-order valence-corrected chi connectivity index (χ4v) is 3.91. The molecule has 2 aromatic carbocycles. The first-order valence-corrected chi connectivity index (χ1v) is 10.5. The van der Waals surface area contributed by atoms with Crippen molar-refractivity contribution < 1.29 is 4.79 Å². The molecule has 1 atom stereocenters. The Balaban J connectivity index is 1.62. The highest BCUT2D eigenvalue weighted by Crippen LogP contribution is 2.27. The van der Waals surface area contributed by atoms with Crippen molar-refractivity contribution >= 4 is 17.6 Å². The third-order valence-corrected chi connectivity index (χ3v) is 5.61. The first-order chi connectivity index (χ1) is 15.6. The number of hydrogen-bond acceptors (Lipinski definition) is 4. The predicted molar refractivity (Wildman–Crippen MR) is 123 cm³/mol. The summed E-state index contributed by atoms with van der Waals surface area (Å²) in [7, 11) is 1.80. The summed E-state index contributed by atoms with van der Waals surface area (Å²) in [6, 6.07) is 19.3. The molecule has 1 N–H and O–H groups in total. The average molecular weight is 428 g/mol. The number of hydrogen-bond donors (Lipinski definition) is 1. The van der Waals surface area contributed by atoms with Crippen molar-refractivity contribution in [3.8, 4) is 6.19 Å². The van der Waals surface area contributed by atoms with E-state index in [1.165, 1.54) is 0 Å². The van der Waals surface area contributed by atoms with Crippen LogP contribution in [0.1, 0.15) is 27.7 Å². The molecule has 0 radical (unpaired) electrons. The Hall–Kier alpha value is -4.12. The van der Waals surface area contributed by atoms with Gasteiger partial charge in [0, 0.05) is 38.6 Å². The highest BCUT2D eigenvalue weighted by Gasteiger charge is 2.34. The van der Waals surface area contributed by atoms with E-state index in [0.29, 0.717) is 31.3 Å². The van der Waals surface area contributed by atoms with E-state index in [0.717, 1.165) is 16.8 Å². The molecular weight excluding hydrogens is 402 g/mol. The zero-order chi connectivity index (χ0) is 22.5. The average Bonchev–Trinajstić information content (AvgIpc) is 3.26. The molecule has 1 amide bonds. The van der Waals surface area contributed by atoms with Gasteiger partial charge in [0.05, 0.1) is 6.04 Å². The number of rotatable bonds is 3. The summed E-state index contributed by atoms with van der Waals surface area (Å²) in [5, 5.41) is 16.9. The monoisotopic (exact) mass is 427 g/mol. The summed E-state index contributed by atoms with van der Waals surface area (Å²) >= 11 is 0. The molecule has 0 saturated carbocycles. The van der Waals surface area contributed by atoms with Gasteiger partial charge in [0.25, 0.3) is 5.91 Å². The number of nitriles is 1. The van der Waals surface area contributed by atoms with E-state index in [1.807, 2.05) is 77.5 Å². The van der Waals surface area contributed by atoms with Crippen LogP contribution in [-0.4, -0.2) is 51.1 Å². The molecule has 162 valence electrons. The number of nitrogens with zero attached hydrogens (tertiary/aromatic N) is 6. The Morgan fingerprint density at radius 1 is 1.12 bits per heavy atom. The highest BCUT2D eigenvalue weighted by molar-refractivity contribution is 5.96. The number of aliphatic imine (C=N–C) groups is 1. The van der Waals surface area contributed by atoms with E-state index in [-0.39, 0.29) is 11.9 Å². The number of nitrogens with one attached hydrogen (secondary N) is 1. The van der Waals surface area contributed by atoms with Crippen LogP contribution in [0.4, 0.5) is 5.69 Å². The highest BCUT2D eigenvalue weighted by atomic mass is 16.2. The molecule has 4 rings (SSSR count). The number of carbonyl (C=O) groups excluding carboxylic acids is 1. The van der Waals surface area contributed by atoms with Gasteiger partial charge >= 0.3 is 0 Å². The number of anilines is 1. The zero-order valence-corrected chi connectivity index (χ0v) is 18.1. The van der Waals surface area contributed by atoms with Crippen LogP contribution in [0.25, 0.3) is 0 Å². The fourth-order valence-electron chi connectivity index (χ4n) is 3.91. The maximum Gasteiger partial charge on any atom is 0.274 e. The van der Waals surface area contributed by atoms with Gasteiger partial charge < -0.3 is 15.1 Å². The molecule has 3 aromatic rings. The van der Waals surface area contributed by atoms with E-state index in [2.05, 4.69) is 15.4 Å². The third-order valence-electron chi connectivity index (χ3n) is 5.61. The van der Waals surface area contributed by atoms with Gasteiger partial charge in [-0.2, -0.15) is 10.4 Å². The fraction of sp³-hybridized carbons (Fsp3) is 0.250. The Morgan fingerprint density at radius 3 is 2.56 bits per heavy atom. The molecule has 1 fully saturated rings. The van der Waals surface area contributed by atoms with Crippen molar-refractivity contribution in [3.63, 3.8) is 0 Å². The standard InChI is InChI=1S/C24H25N7O/c1-18-8-6-7-11-20(18)27-24(26-17-25)30-14-15-31(23(32)21-12-13-29(2)28-21)22(16-30)19-9-4-3-5-10-19/h3-13,22H,14-16H2,1-2H3,(H,26,27). The second-order valence-electron chi connectivity index (χ2n) is 7.72. The first kappa shape index (κ1) is 21.1. The topological polar surface area (TPSA) is 89.5 Å². The van der Waals surface area contributed by atoms with E-state index < -0.39 is 0 Å². The number of aromatic nitrogens is 2. The molecule has 1 aliphatic heterocycles. The third kappa shape index (κ3) is 4.47. The molecule has 1 aliphatic rings. The number of benzene rings is 2. The lowest BCUT2D eigenvalue weighted by molar-refractivity contribution is 0.0543. The Labute approximate surface area is 187 Å². The van der Waals surface area contributed by atoms with Gasteiger partial charge in [-0.15, -0.1) is 4.99 Å². The van der Waals surface area contributed by atoms with Crippen molar-refractivity contribution in [3.05, 3.63) is 83.7 Å². The van der Waals surface area contributed by atoms with Crippen LogP contribution in [-0.2, 0) is 7.05 Å². The first-order valence-electron chi connectivity index (χ1n) is 10.5. The molecule has 0 spiro atoms. The number of guanidine groups is 1. The normalized spacial score (nSPS) is 16.5. The summed E-state index contributed by atoms with van der Waals surface area (Å²) < 4.78 is 1.63. The van der Waals surface area contributed by atoms with Crippen LogP contribution in [0, 0.1) is 18.4 Å². The SMILES string of the molecule is Cc1ccccc1N/C(=N/C#N)N1CCN(C(=O)c2ccn(C)n2)C(c2ccccc2)C1. The molecule has 32 heavy (non-hydrogen) atoms. The van der Waals surface area contributed by atoms with Crippen molar-refractivity contribution in [1.29, 1.82) is 5.26 Å². The van der Waals surface area contributed by atoms with Crippen LogP contribution in [0.5, 0.6) is 0 Å². The van der Waals surface area contributed by atoms with Crippen LogP contribution in [0.15, 0.2) is 71.9 Å². The Bertz CT molecular complexity index is 1160. The molecule has 8 heteroatoms. The molecular formula is C24H25N7O. The van der Waals surface area contributed by atoms with E-state index in [4.69, 9.17) is 0 Å². The van der Waals surface area contributed by atoms with Crippen molar-refractivity contribution in [1.82, 2.24) is 19.6 Å². The number of aryl methyl sites for hydroxylation is 2. The van der Waals surface area contributed by atoms with E-state index in [1.54, 1.807) is 24.0 Å². The molecule has 8 nitrogen and oxygen atoms in total. The largest absolute Gasteiger partial charge is 0.338 e. The predicted octanol–water partition coefficient (Wildman–Crippen LogP) is 3.18. The van der Waals surface area contributed by atoms with Gasteiger partial charge in [-0.25, -0.2) is 0 Å². The van der Waals surface area contributed by atoms with Crippen molar-refractivity contribution in [2.24, 2.45) is 12.0 Å². The number of piperazine rings is 1. The lowest BCUT2D eigenvalue weighted by Gasteiger charge is -2.42. The second kappa shape index (κ2) is 9.35. The van der Waals surface area contributed by atoms with Crippen LogP contribution >= 0.6 is 0 Å². The van der Waals surface area contributed by atoms with E-state index in [9.17, 15) is 10.1 Å². The van der Waals surface area contributed by atoms with Crippen molar-refractivity contribution in [2.45, 2.75) is 13.0 Å². The summed E-state index contributed by atoms with van der Waals surface area (Å²) in [5.74, 6) is 0.373. The zero-order valence-electron chi connectivity index (χ0n) is 18.1. The summed E-state index contributed by atoms with van der Waals surface area (Å²) in [5.41, 5.74) is 3.39. The molecule has 0 bridgehead atoms. The molecule has 1 unspecified atom stereocenters. The summed E-state index contributed by atoms with van der Waals surface area (Å²) in [6.45, 7) is 3.53. The Kier molecular flexibility index (Phi) is 6.17. The minimum atomic E-state index is -0.206. The lowest BCUT2D eigenvalue weighted by Crippen LogP contribution is -2.53. The number of para-hydroxylation sites is 1. The molecule has 2 heterocycles. The minimum Gasteiger partial charge on any atom is -0.338 e. The van der Waals surface area contributed by atoms with Gasteiger partial charge in [0.2, 0.25) is 12.2 Å². The van der Waals surface area contributed by atoms with Crippen molar-refractivity contribution in [2.75, 3.05) is 25.0 Å². The molecule has 1 saturated heterocycles. The Morgan fingerprint density at radius 2 is 1.88 bits per heavy atom. The quantitative estimate of drug-likeness (QED) is 0.394. The minimum absolute atomic E-state index is 0.107. The maximum absolute atomic E-state index is 13.3. The summed E-state index contributed by atoms with van der Waals surface area (Å²) in [6.07, 6.45) is 3.68. The van der Waals surface area contributed by atoms with Crippen LogP contribution in [0.2, 0.25) is 0 Å². The smallest absolute Gasteiger partial charge is 0.274 e. The van der Waals surface area contributed by atoms with Crippen LogP contribution < -0.4 is 5.32 Å². The number of amides is 1. The van der Waals surface area contributed by atoms with Gasteiger partial charge in [-0.05, 0) is 30.2 Å². The van der Waals surface area contributed by atoms with Gasteiger partial charge in [-0.3, -0.25) is 9.48 Å². The summed E-state index contributed by atoms with van der Waals surface area (Å²) in [4.78, 5) is 21.2. The van der Waals surface area contributed by atoms with E-state index >= 15 is 0 Å². The maximum atomic E-state index is 13.3. The lowest BCUT2D eigenvalue weighted by atomic mass is 10.0. The van der Waals surface area contributed by atoms with Gasteiger partial charge in [-0.1, -0.05) is 48.5 Å². The molecule has 0 aliphatic carbocycles. The second-order valence-corrected chi connectivity index (χ2v) is 7.72. The number of carbonyl (C=O) groups is 1. The van der Waals surface area contributed by atoms with Gasteiger partial charge in [0.1, 0.15) is 5.69 Å². The molecule has 1 aromatic heterocycles.